The minimum atomic E-state index is -0.796. The Labute approximate surface area is 139 Å². The predicted octanol–water partition coefficient (Wildman–Crippen LogP) is 2.67. The zero-order valence-corrected chi connectivity index (χ0v) is 13.6. The van der Waals surface area contributed by atoms with Crippen molar-refractivity contribution in [2.75, 3.05) is 0 Å². The van der Waals surface area contributed by atoms with Crippen LogP contribution < -0.4 is 5.32 Å². The van der Waals surface area contributed by atoms with Gasteiger partial charge in [0.1, 0.15) is 11.9 Å². The van der Waals surface area contributed by atoms with Crippen LogP contribution in [0.3, 0.4) is 0 Å². The van der Waals surface area contributed by atoms with Crippen molar-refractivity contribution in [2.24, 2.45) is 0 Å². The smallest absolute Gasteiger partial charge is 0.272 e. The molecule has 7 heteroatoms. The summed E-state index contributed by atoms with van der Waals surface area (Å²) in [6.07, 6.45) is 1.05. The van der Waals surface area contributed by atoms with E-state index in [1.54, 1.807) is 38.1 Å². The second-order valence-electron chi connectivity index (χ2n) is 5.73. The van der Waals surface area contributed by atoms with E-state index in [2.05, 4.69) is 5.32 Å². The maximum Gasteiger partial charge on any atom is 0.272 e. The molecule has 1 amide bonds. The highest BCUT2D eigenvalue weighted by atomic mass is 16.6. The largest absolute Gasteiger partial charge is 0.467 e. The number of benzene rings is 1. The Hall–Kier alpha value is -2.67. The summed E-state index contributed by atoms with van der Waals surface area (Å²) in [6, 6.07) is 7.77. The molecule has 0 aliphatic heterocycles. The third-order valence-electron chi connectivity index (χ3n) is 3.82. The van der Waals surface area contributed by atoms with Crippen LogP contribution >= 0.6 is 0 Å². The third-order valence-corrected chi connectivity index (χ3v) is 3.82. The van der Waals surface area contributed by atoms with Crippen LogP contribution in [0.15, 0.2) is 41.0 Å². The maximum absolute atomic E-state index is 12.1. The second kappa shape index (κ2) is 7.74. The predicted molar refractivity (Wildman–Crippen MR) is 87.4 cm³/mol. The number of nitrogens with one attached hydrogen (secondary N) is 1. The van der Waals surface area contributed by atoms with Crippen molar-refractivity contribution in [1.29, 1.82) is 0 Å². The molecule has 0 bridgehead atoms. The molecular formula is C17H20N2O5. The number of nitrogens with zero attached hydrogens (tertiary/aromatic N) is 1. The number of aliphatic hydroxyl groups excluding tert-OH is 1. The number of nitro benzene ring substituents is 1. The van der Waals surface area contributed by atoms with E-state index in [0.717, 1.165) is 0 Å². The molecule has 2 aromatic rings. The van der Waals surface area contributed by atoms with Crippen molar-refractivity contribution in [3.63, 3.8) is 0 Å². The number of nitro groups is 1. The van der Waals surface area contributed by atoms with Gasteiger partial charge in [0.25, 0.3) is 5.69 Å². The van der Waals surface area contributed by atoms with Crippen LogP contribution in [0.5, 0.6) is 0 Å². The van der Waals surface area contributed by atoms with Gasteiger partial charge in [-0.1, -0.05) is 12.1 Å². The number of hydrogen-bond donors (Lipinski definition) is 2. The van der Waals surface area contributed by atoms with E-state index in [4.69, 9.17) is 4.42 Å². The summed E-state index contributed by atoms with van der Waals surface area (Å²) in [5.74, 6) is 0.198. The lowest BCUT2D eigenvalue weighted by atomic mass is 10.0. The Morgan fingerprint density at radius 3 is 2.75 bits per heavy atom. The lowest BCUT2D eigenvalue weighted by molar-refractivity contribution is -0.385. The van der Waals surface area contributed by atoms with Gasteiger partial charge in [0.15, 0.2) is 0 Å². The summed E-state index contributed by atoms with van der Waals surface area (Å²) < 4.78 is 5.12. The molecule has 0 aliphatic carbocycles. The number of rotatable bonds is 7. The highest BCUT2D eigenvalue weighted by Crippen LogP contribution is 2.22. The van der Waals surface area contributed by atoms with Gasteiger partial charge in [-0.15, -0.1) is 0 Å². The molecule has 1 aromatic carbocycles. The summed E-state index contributed by atoms with van der Waals surface area (Å²) >= 11 is 0. The van der Waals surface area contributed by atoms with Crippen LogP contribution in [-0.2, 0) is 11.2 Å². The van der Waals surface area contributed by atoms with E-state index in [1.165, 1.54) is 12.3 Å². The fourth-order valence-corrected chi connectivity index (χ4v) is 2.55. The topological polar surface area (TPSA) is 106 Å². The van der Waals surface area contributed by atoms with E-state index in [-0.39, 0.29) is 24.1 Å². The zero-order valence-electron chi connectivity index (χ0n) is 13.6. The van der Waals surface area contributed by atoms with Crippen LogP contribution in [0.1, 0.15) is 36.3 Å². The van der Waals surface area contributed by atoms with E-state index < -0.39 is 11.0 Å². The minimum absolute atomic E-state index is 0.00147. The lowest BCUT2D eigenvalue weighted by Crippen LogP contribution is -2.34. The summed E-state index contributed by atoms with van der Waals surface area (Å²) in [4.78, 5) is 22.6. The minimum Gasteiger partial charge on any atom is -0.467 e. The van der Waals surface area contributed by atoms with Gasteiger partial charge < -0.3 is 14.8 Å². The molecule has 2 rings (SSSR count). The molecule has 2 atom stereocenters. The lowest BCUT2D eigenvalue weighted by Gasteiger charge is -2.17. The molecule has 128 valence electrons. The first-order chi connectivity index (χ1) is 11.4. The monoisotopic (exact) mass is 332 g/mol. The van der Waals surface area contributed by atoms with Crippen LogP contribution in [0.25, 0.3) is 0 Å². The first kappa shape index (κ1) is 17.7. The molecule has 7 nitrogen and oxygen atoms in total. The molecular weight excluding hydrogens is 312 g/mol. The van der Waals surface area contributed by atoms with Crippen molar-refractivity contribution in [3.8, 4) is 0 Å². The summed E-state index contributed by atoms with van der Waals surface area (Å²) in [5.41, 5.74) is 1.10. The number of aliphatic hydroxyl groups is 1. The normalized spacial score (nSPS) is 13.3. The number of hydrogen-bond acceptors (Lipinski definition) is 5. The Balaban J connectivity index is 1.93. The molecule has 0 saturated carbocycles. The highest BCUT2D eigenvalue weighted by Gasteiger charge is 2.18. The van der Waals surface area contributed by atoms with Crippen molar-refractivity contribution in [1.82, 2.24) is 5.32 Å². The summed E-state index contributed by atoms with van der Waals surface area (Å²) in [7, 11) is 0. The SMILES string of the molecule is Cc1c(CC(=O)NC(C)CC(O)c2ccco2)cccc1[N+](=O)[O-]. The molecule has 0 spiro atoms. The zero-order chi connectivity index (χ0) is 17.7. The molecule has 1 aromatic heterocycles. The number of carbonyl (C=O) groups excluding carboxylic acids is 1. The molecule has 0 radical (unpaired) electrons. The number of carbonyl (C=O) groups is 1. The second-order valence-corrected chi connectivity index (χ2v) is 5.73. The average Bonchev–Trinajstić information content (AvgIpc) is 3.03. The first-order valence-corrected chi connectivity index (χ1v) is 7.62. The quantitative estimate of drug-likeness (QED) is 0.599. The van der Waals surface area contributed by atoms with Crippen molar-refractivity contribution in [2.45, 2.75) is 38.8 Å². The van der Waals surface area contributed by atoms with Gasteiger partial charge in [0.2, 0.25) is 5.91 Å². The van der Waals surface area contributed by atoms with Gasteiger partial charge in [-0.05, 0) is 31.5 Å². The summed E-state index contributed by atoms with van der Waals surface area (Å²) in [6.45, 7) is 3.41. The Morgan fingerprint density at radius 2 is 2.12 bits per heavy atom. The standard InChI is InChI=1S/C17H20N2O5/c1-11(9-15(20)16-7-4-8-24-16)18-17(21)10-13-5-3-6-14(12(13)2)19(22)23/h3-8,11,15,20H,9-10H2,1-2H3,(H,18,21). The van der Waals surface area contributed by atoms with E-state index in [1.807, 2.05) is 0 Å². The van der Waals surface area contributed by atoms with Crippen molar-refractivity contribution in [3.05, 3.63) is 63.6 Å². The Bertz CT molecular complexity index is 712. The first-order valence-electron chi connectivity index (χ1n) is 7.62. The fourth-order valence-electron chi connectivity index (χ4n) is 2.55. The molecule has 0 saturated heterocycles. The van der Waals surface area contributed by atoms with Crippen LogP contribution in [0.4, 0.5) is 5.69 Å². The van der Waals surface area contributed by atoms with Crippen LogP contribution in [-0.4, -0.2) is 22.0 Å². The van der Waals surface area contributed by atoms with Crippen molar-refractivity contribution < 1.29 is 19.2 Å². The molecule has 24 heavy (non-hydrogen) atoms. The van der Waals surface area contributed by atoms with E-state index in [9.17, 15) is 20.0 Å². The maximum atomic E-state index is 12.1. The fraction of sp³-hybridized carbons (Fsp3) is 0.353. The van der Waals surface area contributed by atoms with E-state index >= 15 is 0 Å². The average molecular weight is 332 g/mol. The van der Waals surface area contributed by atoms with Gasteiger partial charge in [0.05, 0.1) is 17.6 Å². The highest BCUT2D eigenvalue weighted by molar-refractivity contribution is 5.79. The number of amides is 1. The Kier molecular flexibility index (Phi) is 5.70. The van der Waals surface area contributed by atoms with Crippen molar-refractivity contribution >= 4 is 11.6 Å². The molecule has 2 N–H and O–H groups in total. The molecule has 2 unspecified atom stereocenters. The number of furan rings is 1. The van der Waals surface area contributed by atoms with Gasteiger partial charge in [-0.2, -0.15) is 0 Å². The van der Waals surface area contributed by atoms with Gasteiger partial charge in [0, 0.05) is 24.1 Å². The van der Waals surface area contributed by atoms with Gasteiger partial charge >= 0.3 is 0 Å². The van der Waals surface area contributed by atoms with Crippen LogP contribution in [0.2, 0.25) is 0 Å². The summed E-state index contributed by atoms with van der Waals surface area (Å²) in [5, 5.41) is 23.7. The van der Waals surface area contributed by atoms with Crippen LogP contribution in [0, 0.1) is 17.0 Å². The van der Waals surface area contributed by atoms with Gasteiger partial charge in [-0.25, -0.2) is 0 Å². The van der Waals surface area contributed by atoms with E-state index in [0.29, 0.717) is 23.3 Å². The molecule has 0 fully saturated rings. The molecule has 1 heterocycles. The molecule has 0 aliphatic rings. The Morgan fingerprint density at radius 1 is 1.38 bits per heavy atom. The third kappa shape index (κ3) is 4.42. The van der Waals surface area contributed by atoms with Gasteiger partial charge in [-0.3, -0.25) is 14.9 Å².